The Labute approximate surface area is 92.9 Å². The molecule has 1 heterocycles. The molecule has 0 aromatic carbocycles. The van der Waals surface area contributed by atoms with E-state index in [4.69, 9.17) is 5.73 Å². The maximum Gasteiger partial charge on any atom is 0.224 e. The van der Waals surface area contributed by atoms with Crippen molar-refractivity contribution < 1.29 is 4.79 Å². The summed E-state index contributed by atoms with van der Waals surface area (Å²) in [6.45, 7) is 0.576. The van der Waals surface area contributed by atoms with Gasteiger partial charge in [-0.3, -0.25) is 9.78 Å². The van der Waals surface area contributed by atoms with Gasteiger partial charge in [-0.1, -0.05) is 6.42 Å². The van der Waals surface area contributed by atoms with Crippen LogP contribution >= 0.6 is 11.3 Å². The van der Waals surface area contributed by atoms with Crippen LogP contribution in [0.5, 0.6) is 0 Å². The molecular formula is C10H15N3OS. The van der Waals surface area contributed by atoms with Gasteiger partial charge in [-0.25, -0.2) is 0 Å². The number of aromatic nitrogens is 1. The first-order valence-corrected chi connectivity index (χ1v) is 6.06. The minimum Gasteiger partial charge on any atom is -0.351 e. The van der Waals surface area contributed by atoms with Crippen LogP contribution in [0.2, 0.25) is 0 Å². The number of carbonyl (C=O) groups is 1. The summed E-state index contributed by atoms with van der Waals surface area (Å²) in [6, 6.07) is 0.0476. The molecule has 0 spiro atoms. The van der Waals surface area contributed by atoms with Crippen molar-refractivity contribution in [3.05, 3.63) is 16.6 Å². The third-order valence-corrected chi connectivity index (χ3v) is 3.61. The Morgan fingerprint density at radius 1 is 1.67 bits per heavy atom. The highest BCUT2D eigenvalue weighted by Gasteiger charge is 2.29. The van der Waals surface area contributed by atoms with Crippen LogP contribution < -0.4 is 11.1 Å². The van der Waals surface area contributed by atoms with Gasteiger partial charge < -0.3 is 11.1 Å². The predicted octanol–water partition coefficient (Wildman–Crippen LogP) is 0.887. The fourth-order valence-corrected chi connectivity index (χ4v) is 2.48. The molecule has 0 radical (unpaired) electrons. The standard InChI is InChI=1S/C10H15N3OS/c11-9-3-1-2-8(9)10(14)13-5-7-4-12-6-15-7/h4,6,8-9H,1-3,5,11H2,(H,13,14). The zero-order valence-corrected chi connectivity index (χ0v) is 9.30. The summed E-state index contributed by atoms with van der Waals surface area (Å²) >= 11 is 1.55. The maximum absolute atomic E-state index is 11.7. The molecule has 1 aliphatic rings. The number of nitrogens with one attached hydrogen (secondary N) is 1. The number of hydrogen-bond acceptors (Lipinski definition) is 4. The van der Waals surface area contributed by atoms with Crippen molar-refractivity contribution >= 4 is 17.2 Å². The van der Waals surface area contributed by atoms with Crippen molar-refractivity contribution in [2.75, 3.05) is 0 Å². The fraction of sp³-hybridized carbons (Fsp3) is 0.600. The first kappa shape index (κ1) is 10.6. The number of nitrogens with two attached hydrogens (primary N) is 1. The van der Waals surface area contributed by atoms with Crippen molar-refractivity contribution in [2.45, 2.75) is 31.8 Å². The second-order valence-corrected chi connectivity index (χ2v) is 4.86. The van der Waals surface area contributed by atoms with Crippen LogP contribution in [0, 0.1) is 5.92 Å². The van der Waals surface area contributed by atoms with Crippen LogP contribution in [0.15, 0.2) is 11.7 Å². The summed E-state index contributed by atoms with van der Waals surface area (Å²) in [7, 11) is 0. The van der Waals surface area contributed by atoms with Crippen LogP contribution in [0.3, 0.4) is 0 Å². The van der Waals surface area contributed by atoms with Crippen molar-refractivity contribution in [3.63, 3.8) is 0 Å². The smallest absolute Gasteiger partial charge is 0.224 e. The average molecular weight is 225 g/mol. The first-order chi connectivity index (χ1) is 7.27. The second kappa shape index (κ2) is 4.72. The van der Waals surface area contributed by atoms with Crippen LogP contribution in [0.1, 0.15) is 24.1 Å². The number of thiazole rings is 1. The molecule has 0 aliphatic heterocycles. The second-order valence-electron chi connectivity index (χ2n) is 3.89. The molecular weight excluding hydrogens is 210 g/mol. The number of hydrogen-bond donors (Lipinski definition) is 2. The largest absolute Gasteiger partial charge is 0.351 e. The molecule has 1 aromatic heterocycles. The van der Waals surface area contributed by atoms with E-state index in [9.17, 15) is 4.79 Å². The number of carbonyl (C=O) groups excluding carboxylic acids is 1. The minimum atomic E-state index is 0.0120. The summed E-state index contributed by atoms with van der Waals surface area (Å²) in [4.78, 5) is 16.8. The highest BCUT2D eigenvalue weighted by atomic mass is 32.1. The molecule has 4 nitrogen and oxygen atoms in total. The van der Waals surface area contributed by atoms with Gasteiger partial charge in [0.1, 0.15) is 0 Å². The van der Waals surface area contributed by atoms with Gasteiger partial charge in [0, 0.05) is 17.1 Å². The Morgan fingerprint density at radius 2 is 2.53 bits per heavy atom. The summed E-state index contributed by atoms with van der Waals surface area (Å²) < 4.78 is 0. The van der Waals surface area contributed by atoms with E-state index >= 15 is 0 Å². The Balaban J connectivity index is 1.82. The van der Waals surface area contributed by atoms with Crippen LogP contribution in [0.4, 0.5) is 0 Å². The molecule has 1 saturated carbocycles. The molecule has 5 heteroatoms. The molecule has 0 bridgehead atoms. The Morgan fingerprint density at radius 3 is 3.13 bits per heavy atom. The van der Waals surface area contributed by atoms with Gasteiger partial charge in [-0.15, -0.1) is 11.3 Å². The van der Waals surface area contributed by atoms with E-state index in [0.717, 1.165) is 24.1 Å². The zero-order chi connectivity index (χ0) is 10.7. The van der Waals surface area contributed by atoms with Crippen LogP contribution in [-0.2, 0) is 11.3 Å². The highest BCUT2D eigenvalue weighted by Crippen LogP contribution is 2.24. The van der Waals surface area contributed by atoms with E-state index in [-0.39, 0.29) is 17.9 Å². The van der Waals surface area contributed by atoms with Gasteiger partial charge in [0.2, 0.25) is 5.91 Å². The van der Waals surface area contributed by atoms with Crippen molar-refractivity contribution in [1.29, 1.82) is 0 Å². The lowest BCUT2D eigenvalue weighted by atomic mass is 10.0. The quantitative estimate of drug-likeness (QED) is 0.802. The molecule has 82 valence electrons. The van der Waals surface area contributed by atoms with Gasteiger partial charge >= 0.3 is 0 Å². The van der Waals surface area contributed by atoms with Gasteiger partial charge in [-0.05, 0) is 12.8 Å². The van der Waals surface area contributed by atoms with Gasteiger partial charge in [0.15, 0.2) is 0 Å². The molecule has 15 heavy (non-hydrogen) atoms. The van der Waals surface area contributed by atoms with Crippen LogP contribution in [-0.4, -0.2) is 16.9 Å². The molecule has 1 amide bonds. The minimum absolute atomic E-state index is 0.0120. The lowest BCUT2D eigenvalue weighted by molar-refractivity contribution is -0.125. The van der Waals surface area contributed by atoms with E-state index in [1.807, 2.05) is 0 Å². The molecule has 2 rings (SSSR count). The third-order valence-electron chi connectivity index (χ3n) is 2.83. The van der Waals surface area contributed by atoms with E-state index < -0.39 is 0 Å². The molecule has 0 saturated heterocycles. The molecule has 1 aromatic rings. The van der Waals surface area contributed by atoms with Gasteiger partial charge in [0.25, 0.3) is 0 Å². The summed E-state index contributed by atoms with van der Waals surface area (Å²) in [5.41, 5.74) is 7.62. The number of amides is 1. The zero-order valence-electron chi connectivity index (χ0n) is 8.48. The van der Waals surface area contributed by atoms with E-state index in [1.54, 1.807) is 23.0 Å². The monoisotopic (exact) mass is 225 g/mol. The maximum atomic E-state index is 11.7. The lowest BCUT2D eigenvalue weighted by Crippen LogP contribution is -2.38. The Bertz CT molecular complexity index is 325. The van der Waals surface area contributed by atoms with Crippen molar-refractivity contribution in [2.24, 2.45) is 11.7 Å². The third kappa shape index (κ3) is 2.54. The van der Waals surface area contributed by atoms with Gasteiger partial charge in [0.05, 0.1) is 18.0 Å². The van der Waals surface area contributed by atoms with E-state index in [2.05, 4.69) is 10.3 Å². The molecule has 1 aliphatic carbocycles. The molecule has 1 fully saturated rings. The SMILES string of the molecule is NC1CCCC1C(=O)NCc1cncs1. The predicted molar refractivity (Wildman–Crippen MR) is 59.3 cm³/mol. The van der Waals surface area contributed by atoms with E-state index in [0.29, 0.717) is 6.54 Å². The molecule has 2 unspecified atom stereocenters. The van der Waals surface area contributed by atoms with Crippen molar-refractivity contribution in [1.82, 2.24) is 10.3 Å². The first-order valence-electron chi connectivity index (χ1n) is 5.18. The number of rotatable bonds is 3. The van der Waals surface area contributed by atoms with Crippen molar-refractivity contribution in [3.8, 4) is 0 Å². The van der Waals surface area contributed by atoms with Crippen LogP contribution in [0.25, 0.3) is 0 Å². The normalized spacial score (nSPS) is 25.4. The Kier molecular flexibility index (Phi) is 3.33. The average Bonchev–Trinajstić information content (AvgIpc) is 2.84. The lowest BCUT2D eigenvalue weighted by Gasteiger charge is -2.14. The number of nitrogens with zero attached hydrogens (tertiary/aromatic N) is 1. The highest BCUT2D eigenvalue weighted by molar-refractivity contribution is 7.09. The summed E-state index contributed by atoms with van der Waals surface area (Å²) in [5, 5.41) is 2.91. The molecule has 2 atom stereocenters. The summed E-state index contributed by atoms with van der Waals surface area (Å²) in [5.74, 6) is 0.103. The topological polar surface area (TPSA) is 68.0 Å². The molecule has 3 N–H and O–H groups in total. The van der Waals surface area contributed by atoms with E-state index in [1.165, 1.54) is 0 Å². The Hall–Kier alpha value is -0.940. The van der Waals surface area contributed by atoms with Gasteiger partial charge in [-0.2, -0.15) is 0 Å². The summed E-state index contributed by atoms with van der Waals surface area (Å²) in [6.07, 6.45) is 4.74. The fourth-order valence-electron chi connectivity index (χ4n) is 1.95.